The molecule has 0 aliphatic heterocycles. The zero-order valence-corrected chi connectivity index (χ0v) is 10.3. The standard InChI is InChI=1S/C15H18O/c1-9(2)12-6-5-10(3)13-8-15(16)11(4)14(13)7-12/h5-9,16H,1-4H3. The SMILES string of the molecule is Cc1ccc(C(C)C)cc2c(C)c(O)cc1-2. The first-order valence-corrected chi connectivity index (χ1v) is 5.73. The van der Waals surface area contributed by atoms with Crippen LogP contribution in [0.3, 0.4) is 0 Å². The summed E-state index contributed by atoms with van der Waals surface area (Å²) >= 11 is 0. The number of fused-ring (bicyclic) bond motifs is 1. The van der Waals surface area contributed by atoms with Gasteiger partial charge in [0.05, 0.1) is 0 Å². The monoisotopic (exact) mass is 214 g/mol. The van der Waals surface area contributed by atoms with Crippen molar-refractivity contribution in [2.45, 2.75) is 33.6 Å². The highest BCUT2D eigenvalue weighted by Crippen LogP contribution is 2.38. The highest BCUT2D eigenvalue weighted by atomic mass is 16.3. The van der Waals surface area contributed by atoms with Gasteiger partial charge in [-0.1, -0.05) is 32.0 Å². The fraction of sp³-hybridized carbons (Fsp3) is 0.333. The molecule has 0 aromatic heterocycles. The Balaban J connectivity index is 2.77. The molecule has 2 rings (SSSR count). The van der Waals surface area contributed by atoms with Crippen molar-refractivity contribution in [3.05, 3.63) is 41.0 Å². The second kappa shape index (κ2) is 3.82. The molecule has 0 radical (unpaired) electrons. The van der Waals surface area contributed by atoms with Gasteiger partial charge >= 0.3 is 0 Å². The van der Waals surface area contributed by atoms with E-state index in [1.807, 2.05) is 13.0 Å². The fourth-order valence-electron chi connectivity index (χ4n) is 2.06. The van der Waals surface area contributed by atoms with Gasteiger partial charge in [0.25, 0.3) is 0 Å². The van der Waals surface area contributed by atoms with E-state index in [2.05, 4.69) is 39.0 Å². The van der Waals surface area contributed by atoms with Gasteiger partial charge in [0.2, 0.25) is 0 Å². The summed E-state index contributed by atoms with van der Waals surface area (Å²) in [7, 11) is 0. The molecule has 1 nitrogen and oxygen atoms in total. The molecule has 0 heterocycles. The van der Waals surface area contributed by atoms with Crippen LogP contribution in [0.1, 0.15) is 36.5 Å². The molecule has 0 atom stereocenters. The van der Waals surface area contributed by atoms with E-state index in [0.717, 1.165) is 11.1 Å². The van der Waals surface area contributed by atoms with Crippen LogP contribution in [0.4, 0.5) is 0 Å². The largest absolute Gasteiger partial charge is 0.508 e. The topological polar surface area (TPSA) is 20.2 Å². The minimum Gasteiger partial charge on any atom is -0.508 e. The molecule has 0 fully saturated rings. The van der Waals surface area contributed by atoms with Crippen LogP contribution in [0.5, 0.6) is 5.75 Å². The first kappa shape index (κ1) is 11.0. The molecule has 2 aliphatic carbocycles. The second-order valence-corrected chi connectivity index (χ2v) is 4.80. The van der Waals surface area contributed by atoms with Crippen LogP contribution in [0.25, 0.3) is 11.1 Å². The van der Waals surface area contributed by atoms with Gasteiger partial charge in [0.1, 0.15) is 5.75 Å². The van der Waals surface area contributed by atoms with Gasteiger partial charge in [-0.2, -0.15) is 0 Å². The van der Waals surface area contributed by atoms with Gasteiger partial charge in [0, 0.05) is 0 Å². The third-order valence-corrected chi connectivity index (χ3v) is 3.29. The highest BCUT2D eigenvalue weighted by molar-refractivity contribution is 5.77. The smallest absolute Gasteiger partial charge is 0.119 e. The van der Waals surface area contributed by atoms with Crippen molar-refractivity contribution in [3.8, 4) is 16.9 Å². The lowest BCUT2D eigenvalue weighted by atomic mass is 10.0. The Morgan fingerprint density at radius 3 is 2.31 bits per heavy atom. The summed E-state index contributed by atoms with van der Waals surface area (Å²) in [5.74, 6) is 0.908. The first-order chi connectivity index (χ1) is 7.50. The molecule has 1 N–H and O–H groups in total. The zero-order valence-electron chi connectivity index (χ0n) is 10.3. The van der Waals surface area contributed by atoms with E-state index in [9.17, 15) is 5.11 Å². The third kappa shape index (κ3) is 1.67. The molecule has 2 aliphatic rings. The van der Waals surface area contributed by atoms with Crippen molar-refractivity contribution in [3.63, 3.8) is 0 Å². The highest BCUT2D eigenvalue weighted by Gasteiger charge is 2.14. The van der Waals surface area contributed by atoms with Crippen LogP contribution in [-0.4, -0.2) is 5.11 Å². The van der Waals surface area contributed by atoms with Crippen molar-refractivity contribution >= 4 is 0 Å². The van der Waals surface area contributed by atoms with E-state index in [1.165, 1.54) is 16.7 Å². The van der Waals surface area contributed by atoms with E-state index in [0.29, 0.717) is 11.7 Å². The average molecular weight is 214 g/mol. The predicted octanol–water partition coefficient (Wildman–Crippen LogP) is 4.24. The van der Waals surface area contributed by atoms with Crippen LogP contribution >= 0.6 is 0 Å². The van der Waals surface area contributed by atoms with Crippen molar-refractivity contribution in [2.75, 3.05) is 0 Å². The van der Waals surface area contributed by atoms with Crippen molar-refractivity contribution in [2.24, 2.45) is 0 Å². The molecule has 0 spiro atoms. The van der Waals surface area contributed by atoms with Gasteiger partial charge in [-0.15, -0.1) is 0 Å². The molecule has 0 saturated heterocycles. The lowest BCUT2D eigenvalue weighted by Gasteiger charge is -2.03. The van der Waals surface area contributed by atoms with E-state index < -0.39 is 0 Å². The van der Waals surface area contributed by atoms with Gasteiger partial charge in [-0.25, -0.2) is 0 Å². The minimum atomic E-state index is 0.402. The van der Waals surface area contributed by atoms with Crippen LogP contribution < -0.4 is 0 Å². The summed E-state index contributed by atoms with van der Waals surface area (Å²) < 4.78 is 0. The average Bonchev–Trinajstić information content (AvgIpc) is 2.42. The molecular formula is C15H18O. The molecule has 0 unspecified atom stereocenters. The number of hydrogen-bond donors (Lipinski definition) is 1. The van der Waals surface area contributed by atoms with Crippen LogP contribution in [0.15, 0.2) is 24.3 Å². The lowest BCUT2D eigenvalue weighted by molar-refractivity contribution is 0.474. The molecular weight excluding hydrogens is 196 g/mol. The van der Waals surface area contributed by atoms with Crippen molar-refractivity contribution in [1.82, 2.24) is 0 Å². The van der Waals surface area contributed by atoms with E-state index in [4.69, 9.17) is 0 Å². The Labute approximate surface area is 97.1 Å². The Kier molecular flexibility index (Phi) is 2.63. The normalized spacial score (nSPS) is 11.3. The zero-order chi connectivity index (χ0) is 11.9. The van der Waals surface area contributed by atoms with E-state index in [-0.39, 0.29) is 0 Å². The summed E-state index contributed by atoms with van der Waals surface area (Å²) in [5.41, 5.74) is 5.83. The van der Waals surface area contributed by atoms with Crippen LogP contribution in [0.2, 0.25) is 0 Å². The first-order valence-electron chi connectivity index (χ1n) is 5.73. The van der Waals surface area contributed by atoms with Gasteiger partial charge in [-0.05, 0) is 53.6 Å². The lowest BCUT2D eigenvalue weighted by Crippen LogP contribution is -1.83. The van der Waals surface area contributed by atoms with Gasteiger partial charge in [-0.3, -0.25) is 0 Å². The molecule has 0 amide bonds. The Morgan fingerprint density at radius 1 is 1.00 bits per heavy atom. The van der Waals surface area contributed by atoms with Crippen molar-refractivity contribution < 1.29 is 5.11 Å². The molecule has 16 heavy (non-hydrogen) atoms. The van der Waals surface area contributed by atoms with Gasteiger partial charge < -0.3 is 5.11 Å². The third-order valence-electron chi connectivity index (χ3n) is 3.29. The summed E-state index contributed by atoms with van der Waals surface area (Å²) in [6, 6.07) is 8.37. The summed E-state index contributed by atoms with van der Waals surface area (Å²) in [6.45, 7) is 8.44. The predicted molar refractivity (Wildman–Crippen MR) is 68.3 cm³/mol. The van der Waals surface area contributed by atoms with Crippen molar-refractivity contribution in [1.29, 1.82) is 0 Å². The number of hydrogen-bond acceptors (Lipinski definition) is 1. The second-order valence-electron chi connectivity index (χ2n) is 4.80. The molecule has 0 aromatic rings. The van der Waals surface area contributed by atoms with Crippen LogP contribution in [-0.2, 0) is 0 Å². The minimum absolute atomic E-state index is 0.402. The molecule has 0 aromatic carbocycles. The van der Waals surface area contributed by atoms with Crippen LogP contribution in [0, 0.1) is 13.8 Å². The Hall–Kier alpha value is -1.50. The summed E-state index contributed by atoms with van der Waals surface area (Å²) in [5, 5.41) is 9.78. The maximum absolute atomic E-state index is 9.78. The summed E-state index contributed by atoms with van der Waals surface area (Å²) in [4.78, 5) is 0. The van der Waals surface area contributed by atoms with E-state index >= 15 is 0 Å². The quantitative estimate of drug-likeness (QED) is 0.753. The number of rotatable bonds is 1. The Morgan fingerprint density at radius 2 is 1.69 bits per heavy atom. The molecule has 1 heteroatoms. The molecule has 0 bridgehead atoms. The number of aryl methyl sites for hydroxylation is 1. The fourth-order valence-corrected chi connectivity index (χ4v) is 2.06. The maximum Gasteiger partial charge on any atom is 0.119 e. The molecule has 84 valence electrons. The van der Waals surface area contributed by atoms with Gasteiger partial charge in [0.15, 0.2) is 0 Å². The number of aromatic hydroxyl groups is 1. The van der Waals surface area contributed by atoms with E-state index in [1.54, 1.807) is 0 Å². The Bertz CT molecular complexity index is 497. The maximum atomic E-state index is 9.78. The summed E-state index contributed by atoms with van der Waals surface area (Å²) in [6.07, 6.45) is 0. The molecule has 0 saturated carbocycles.